The molecular formula is C10H12BrNO2. The van der Waals surface area contributed by atoms with E-state index < -0.39 is 0 Å². The number of hydrogen-bond donors (Lipinski definition) is 1. The van der Waals surface area contributed by atoms with E-state index in [9.17, 15) is 0 Å². The second-order valence-corrected chi connectivity index (χ2v) is 4.04. The minimum absolute atomic E-state index is 0.711. The SMILES string of the molecule is CONCc1cc(Br)c2c(c1)CCO2. The maximum absolute atomic E-state index is 5.49. The van der Waals surface area contributed by atoms with Crippen molar-refractivity contribution in [1.82, 2.24) is 5.48 Å². The maximum Gasteiger partial charge on any atom is 0.136 e. The second kappa shape index (κ2) is 4.29. The van der Waals surface area contributed by atoms with Crippen LogP contribution in [0.2, 0.25) is 0 Å². The zero-order valence-electron chi connectivity index (χ0n) is 7.97. The van der Waals surface area contributed by atoms with E-state index >= 15 is 0 Å². The van der Waals surface area contributed by atoms with Crippen LogP contribution < -0.4 is 10.2 Å². The molecule has 1 aromatic carbocycles. The van der Waals surface area contributed by atoms with Crippen molar-refractivity contribution in [1.29, 1.82) is 0 Å². The van der Waals surface area contributed by atoms with Gasteiger partial charge in [-0.2, -0.15) is 5.48 Å². The summed E-state index contributed by atoms with van der Waals surface area (Å²) in [6.07, 6.45) is 0.995. The maximum atomic E-state index is 5.49. The largest absolute Gasteiger partial charge is 0.492 e. The molecule has 1 aromatic rings. The van der Waals surface area contributed by atoms with Crippen LogP contribution in [0.25, 0.3) is 0 Å². The van der Waals surface area contributed by atoms with E-state index in [1.807, 2.05) is 0 Å². The Morgan fingerprint density at radius 3 is 3.21 bits per heavy atom. The molecule has 0 saturated carbocycles. The third-order valence-electron chi connectivity index (χ3n) is 2.22. The monoisotopic (exact) mass is 257 g/mol. The highest BCUT2D eigenvalue weighted by Crippen LogP contribution is 2.34. The Hall–Kier alpha value is -0.580. The highest BCUT2D eigenvalue weighted by atomic mass is 79.9. The van der Waals surface area contributed by atoms with Crippen molar-refractivity contribution in [3.05, 3.63) is 27.7 Å². The normalized spacial score (nSPS) is 13.9. The van der Waals surface area contributed by atoms with Gasteiger partial charge >= 0.3 is 0 Å². The number of ether oxygens (including phenoxy) is 1. The Morgan fingerprint density at radius 2 is 2.43 bits per heavy atom. The third-order valence-corrected chi connectivity index (χ3v) is 2.81. The highest BCUT2D eigenvalue weighted by molar-refractivity contribution is 9.10. The van der Waals surface area contributed by atoms with E-state index in [-0.39, 0.29) is 0 Å². The molecule has 0 amide bonds. The van der Waals surface area contributed by atoms with Crippen molar-refractivity contribution in [2.24, 2.45) is 0 Å². The lowest BCUT2D eigenvalue weighted by Gasteiger charge is -2.06. The van der Waals surface area contributed by atoms with Crippen LogP contribution in [0.5, 0.6) is 5.75 Å². The number of fused-ring (bicyclic) bond motifs is 1. The molecule has 4 heteroatoms. The van der Waals surface area contributed by atoms with E-state index in [0.717, 1.165) is 23.2 Å². The average molecular weight is 258 g/mol. The fraction of sp³-hybridized carbons (Fsp3) is 0.400. The smallest absolute Gasteiger partial charge is 0.136 e. The molecule has 0 saturated heterocycles. The summed E-state index contributed by atoms with van der Waals surface area (Å²) in [4.78, 5) is 4.81. The van der Waals surface area contributed by atoms with Crippen LogP contribution in [-0.2, 0) is 17.8 Å². The molecule has 3 nitrogen and oxygen atoms in total. The summed E-state index contributed by atoms with van der Waals surface area (Å²) in [5, 5.41) is 0. The molecule has 0 aliphatic carbocycles. The van der Waals surface area contributed by atoms with Crippen molar-refractivity contribution in [2.45, 2.75) is 13.0 Å². The van der Waals surface area contributed by atoms with Gasteiger partial charge in [0.05, 0.1) is 18.2 Å². The van der Waals surface area contributed by atoms with Gasteiger partial charge in [-0.1, -0.05) is 6.07 Å². The average Bonchev–Trinajstić information content (AvgIpc) is 2.63. The first-order chi connectivity index (χ1) is 6.81. The summed E-state index contributed by atoms with van der Waals surface area (Å²) < 4.78 is 6.52. The molecule has 1 N–H and O–H groups in total. The van der Waals surface area contributed by atoms with Gasteiger partial charge in [-0.3, -0.25) is 0 Å². The van der Waals surface area contributed by atoms with Crippen LogP contribution in [0.1, 0.15) is 11.1 Å². The van der Waals surface area contributed by atoms with Crippen molar-refractivity contribution < 1.29 is 9.57 Å². The van der Waals surface area contributed by atoms with Crippen LogP contribution >= 0.6 is 15.9 Å². The van der Waals surface area contributed by atoms with E-state index in [1.54, 1.807) is 7.11 Å². The van der Waals surface area contributed by atoms with Crippen molar-refractivity contribution in [3.8, 4) is 5.75 Å². The van der Waals surface area contributed by atoms with Gasteiger partial charge in [0.15, 0.2) is 0 Å². The molecule has 1 heterocycles. The quantitative estimate of drug-likeness (QED) is 0.841. The molecule has 0 aromatic heterocycles. The lowest BCUT2D eigenvalue weighted by atomic mass is 10.1. The van der Waals surface area contributed by atoms with Gasteiger partial charge < -0.3 is 9.57 Å². The van der Waals surface area contributed by atoms with Crippen LogP contribution in [0.15, 0.2) is 16.6 Å². The summed E-state index contributed by atoms with van der Waals surface area (Å²) >= 11 is 3.50. The summed E-state index contributed by atoms with van der Waals surface area (Å²) in [7, 11) is 1.62. The zero-order chi connectivity index (χ0) is 9.97. The molecule has 76 valence electrons. The molecule has 0 unspecified atom stereocenters. The minimum Gasteiger partial charge on any atom is -0.492 e. The second-order valence-electron chi connectivity index (χ2n) is 3.19. The first kappa shape index (κ1) is 9.96. The zero-order valence-corrected chi connectivity index (χ0v) is 9.56. The Balaban J connectivity index is 2.23. The Morgan fingerprint density at radius 1 is 1.57 bits per heavy atom. The van der Waals surface area contributed by atoms with Crippen LogP contribution in [0.3, 0.4) is 0 Å². The predicted molar refractivity (Wildman–Crippen MR) is 57.2 cm³/mol. The summed E-state index contributed by atoms with van der Waals surface area (Å²) in [6, 6.07) is 4.20. The summed E-state index contributed by atoms with van der Waals surface area (Å²) in [5.41, 5.74) is 5.29. The van der Waals surface area contributed by atoms with E-state index in [4.69, 9.17) is 9.57 Å². The van der Waals surface area contributed by atoms with Gasteiger partial charge in [-0.25, -0.2) is 0 Å². The number of halogens is 1. The van der Waals surface area contributed by atoms with Crippen molar-refractivity contribution in [2.75, 3.05) is 13.7 Å². The molecule has 2 rings (SSSR count). The Labute approximate surface area is 91.5 Å². The fourth-order valence-corrected chi connectivity index (χ4v) is 2.24. The summed E-state index contributed by atoms with van der Waals surface area (Å²) in [5.74, 6) is 0.992. The summed E-state index contributed by atoms with van der Waals surface area (Å²) in [6.45, 7) is 1.50. The lowest BCUT2D eigenvalue weighted by molar-refractivity contribution is 0.0867. The van der Waals surface area contributed by atoms with Gasteiger partial charge in [0.25, 0.3) is 0 Å². The molecule has 1 aliphatic rings. The molecule has 0 fully saturated rings. The van der Waals surface area contributed by atoms with Crippen LogP contribution in [0, 0.1) is 0 Å². The fourth-order valence-electron chi connectivity index (χ4n) is 1.58. The first-order valence-corrected chi connectivity index (χ1v) is 5.30. The minimum atomic E-state index is 0.711. The van der Waals surface area contributed by atoms with Crippen LogP contribution in [0.4, 0.5) is 0 Å². The van der Waals surface area contributed by atoms with Gasteiger partial charge in [0.1, 0.15) is 5.75 Å². The van der Waals surface area contributed by atoms with Gasteiger partial charge in [0.2, 0.25) is 0 Å². The van der Waals surface area contributed by atoms with Crippen molar-refractivity contribution >= 4 is 15.9 Å². The predicted octanol–water partition coefficient (Wildman–Crippen LogP) is 2.03. The topological polar surface area (TPSA) is 30.5 Å². The molecular weight excluding hydrogens is 246 g/mol. The number of hydrogen-bond acceptors (Lipinski definition) is 3. The molecule has 14 heavy (non-hydrogen) atoms. The van der Waals surface area contributed by atoms with Crippen molar-refractivity contribution in [3.63, 3.8) is 0 Å². The van der Waals surface area contributed by atoms with E-state index in [2.05, 4.69) is 33.5 Å². The van der Waals surface area contributed by atoms with Crippen LogP contribution in [-0.4, -0.2) is 13.7 Å². The number of hydroxylamine groups is 1. The third kappa shape index (κ3) is 1.92. The number of rotatable bonds is 3. The highest BCUT2D eigenvalue weighted by Gasteiger charge is 2.16. The molecule has 0 bridgehead atoms. The molecule has 1 aliphatic heterocycles. The van der Waals surface area contributed by atoms with Gasteiger partial charge in [-0.05, 0) is 33.1 Å². The Kier molecular flexibility index (Phi) is 3.05. The Bertz CT molecular complexity index is 341. The standard InChI is InChI=1S/C10H12BrNO2/c1-13-12-6-7-4-8-2-3-14-10(8)9(11)5-7/h4-5,12H,2-3,6H2,1H3. The molecule has 0 radical (unpaired) electrons. The van der Waals surface area contributed by atoms with Gasteiger partial charge in [0, 0.05) is 13.0 Å². The van der Waals surface area contributed by atoms with Gasteiger partial charge in [-0.15, -0.1) is 0 Å². The van der Waals surface area contributed by atoms with E-state index in [1.165, 1.54) is 11.1 Å². The molecule has 0 atom stereocenters. The molecule has 0 spiro atoms. The number of nitrogens with one attached hydrogen (secondary N) is 1. The lowest BCUT2D eigenvalue weighted by Crippen LogP contribution is -2.10. The first-order valence-electron chi connectivity index (χ1n) is 4.51. The van der Waals surface area contributed by atoms with E-state index in [0.29, 0.717) is 6.54 Å². The number of benzene rings is 1.